The van der Waals surface area contributed by atoms with Gasteiger partial charge in [0.05, 0.1) is 33.9 Å². The van der Waals surface area contributed by atoms with Gasteiger partial charge in [-0.3, -0.25) is 9.20 Å². The first-order valence-electron chi connectivity index (χ1n) is 9.65. The van der Waals surface area contributed by atoms with E-state index in [1.807, 2.05) is 77.2 Å². The molecule has 0 spiro atoms. The lowest BCUT2D eigenvalue weighted by Crippen LogP contribution is -2.12. The molecule has 30 heavy (non-hydrogen) atoms. The van der Waals surface area contributed by atoms with E-state index in [4.69, 9.17) is 9.72 Å². The van der Waals surface area contributed by atoms with Crippen molar-refractivity contribution in [2.45, 2.75) is 0 Å². The van der Waals surface area contributed by atoms with E-state index in [0.29, 0.717) is 5.39 Å². The van der Waals surface area contributed by atoms with Gasteiger partial charge in [0.2, 0.25) is 0 Å². The summed E-state index contributed by atoms with van der Waals surface area (Å²) in [4.78, 5) is 19.7. The van der Waals surface area contributed by atoms with E-state index in [2.05, 4.69) is 6.07 Å². The average Bonchev–Trinajstić information content (AvgIpc) is 3.17. The standard InChI is InChI=1S/C25H16N2O2S/c1-29-17-12-10-15(11-13-17)23-24-22(18-7-3-4-8-19(18)26-23)25(28)27-20-9-5-2-6-16(20)14-21(27)30-24/h2-14H,1H3. The van der Waals surface area contributed by atoms with Crippen molar-refractivity contribution in [1.29, 1.82) is 0 Å². The molecule has 3 aromatic carbocycles. The fourth-order valence-electron chi connectivity index (χ4n) is 4.08. The molecule has 0 radical (unpaired) electrons. The molecule has 0 aliphatic carbocycles. The molecule has 0 aliphatic heterocycles. The summed E-state index contributed by atoms with van der Waals surface area (Å²) in [7, 11) is 1.65. The Kier molecular flexibility index (Phi) is 3.67. The Labute approximate surface area is 175 Å². The predicted molar refractivity (Wildman–Crippen MR) is 124 cm³/mol. The zero-order chi connectivity index (χ0) is 20.2. The highest BCUT2D eigenvalue weighted by molar-refractivity contribution is 7.24. The predicted octanol–water partition coefficient (Wildman–Crippen LogP) is 5.89. The summed E-state index contributed by atoms with van der Waals surface area (Å²) in [5.74, 6) is 0.789. The van der Waals surface area contributed by atoms with E-state index in [9.17, 15) is 4.79 Å². The summed E-state index contributed by atoms with van der Waals surface area (Å²) in [6.45, 7) is 0. The van der Waals surface area contributed by atoms with Crippen LogP contribution in [0.1, 0.15) is 0 Å². The van der Waals surface area contributed by atoms with E-state index < -0.39 is 0 Å². The Morgan fingerprint density at radius 2 is 1.70 bits per heavy atom. The van der Waals surface area contributed by atoms with Gasteiger partial charge in [0.1, 0.15) is 10.6 Å². The number of pyridine rings is 1. The van der Waals surface area contributed by atoms with Crippen molar-refractivity contribution in [3.63, 3.8) is 0 Å². The van der Waals surface area contributed by atoms with Crippen molar-refractivity contribution in [3.8, 4) is 17.0 Å². The van der Waals surface area contributed by atoms with Gasteiger partial charge < -0.3 is 4.74 Å². The maximum Gasteiger partial charge on any atom is 0.265 e. The van der Waals surface area contributed by atoms with Crippen LogP contribution in [-0.4, -0.2) is 16.5 Å². The molecular formula is C25H16N2O2S. The minimum Gasteiger partial charge on any atom is -0.497 e. The minimum absolute atomic E-state index is 0.00619. The molecule has 3 heterocycles. The van der Waals surface area contributed by atoms with Crippen molar-refractivity contribution in [3.05, 3.63) is 89.2 Å². The molecule has 4 nitrogen and oxygen atoms in total. The summed E-state index contributed by atoms with van der Waals surface area (Å²) in [6, 6.07) is 25.8. The first kappa shape index (κ1) is 17.2. The largest absolute Gasteiger partial charge is 0.497 e. The highest BCUT2D eigenvalue weighted by Crippen LogP contribution is 2.36. The third-order valence-electron chi connectivity index (χ3n) is 5.51. The van der Waals surface area contributed by atoms with Gasteiger partial charge in [-0.25, -0.2) is 4.98 Å². The average molecular weight is 408 g/mol. The molecule has 0 atom stereocenters. The summed E-state index contributed by atoms with van der Waals surface area (Å²) in [5, 5.41) is 2.65. The summed E-state index contributed by atoms with van der Waals surface area (Å²) in [6.07, 6.45) is 0. The Balaban J connectivity index is 1.83. The monoisotopic (exact) mass is 408 g/mol. The molecule has 0 N–H and O–H groups in total. The van der Waals surface area contributed by atoms with Gasteiger partial charge in [-0.05, 0) is 42.5 Å². The number of nitrogens with zero attached hydrogens (tertiary/aromatic N) is 2. The molecule has 6 aromatic rings. The first-order chi connectivity index (χ1) is 14.7. The van der Waals surface area contributed by atoms with Crippen molar-refractivity contribution >= 4 is 48.1 Å². The topological polar surface area (TPSA) is 43.6 Å². The van der Waals surface area contributed by atoms with Crippen LogP contribution in [0.2, 0.25) is 0 Å². The molecule has 5 heteroatoms. The van der Waals surface area contributed by atoms with Crippen molar-refractivity contribution < 1.29 is 4.74 Å². The Bertz CT molecular complexity index is 1650. The van der Waals surface area contributed by atoms with Gasteiger partial charge in [0.15, 0.2) is 0 Å². The Hall–Kier alpha value is -3.70. The number of fused-ring (bicyclic) bond motifs is 6. The molecular weight excluding hydrogens is 392 g/mol. The van der Waals surface area contributed by atoms with E-state index in [1.165, 1.54) is 0 Å². The van der Waals surface area contributed by atoms with Gasteiger partial charge in [0.25, 0.3) is 5.56 Å². The van der Waals surface area contributed by atoms with E-state index in [0.717, 1.165) is 48.3 Å². The van der Waals surface area contributed by atoms with Crippen LogP contribution in [0, 0.1) is 0 Å². The second-order valence-electron chi connectivity index (χ2n) is 7.19. The molecule has 0 aliphatic rings. The van der Waals surface area contributed by atoms with Crippen LogP contribution in [0.4, 0.5) is 0 Å². The molecule has 0 unspecified atom stereocenters. The normalized spacial score (nSPS) is 11.6. The second-order valence-corrected chi connectivity index (χ2v) is 8.22. The minimum atomic E-state index is -0.00619. The van der Waals surface area contributed by atoms with Crippen molar-refractivity contribution in [2.75, 3.05) is 7.11 Å². The summed E-state index contributed by atoms with van der Waals surface area (Å²) < 4.78 is 8.03. The molecule has 6 rings (SSSR count). The Morgan fingerprint density at radius 3 is 2.53 bits per heavy atom. The zero-order valence-corrected chi connectivity index (χ0v) is 16.9. The number of aromatic nitrogens is 2. The fraction of sp³-hybridized carbons (Fsp3) is 0.0400. The number of rotatable bonds is 2. The number of hydrogen-bond donors (Lipinski definition) is 0. The molecule has 0 amide bonds. The molecule has 0 saturated carbocycles. The lowest BCUT2D eigenvalue weighted by atomic mass is 10.1. The molecule has 0 fully saturated rings. The smallest absolute Gasteiger partial charge is 0.265 e. The summed E-state index contributed by atoms with van der Waals surface area (Å²) >= 11 is 1.61. The van der Waals surface area contributed by atoms with Crippen LogP contribution < -0.4 is 10.3 Å². The van der Waals surface area contributed by atoms with Crippen LogP contribution in [0.3, 0.4) is 0 Å². The van der Waals surface area contributed by atoms with E-state index in [-0.39, 0.29) is 5.56 Å². The SMILES string of the molecule is COc1ccc(-c2nc3ccccc3c3c(=O)n4c(cc5ccccc54)sc23)cc1. The van der Waals surface area contributed by atoms with Gasteiger partial charge in [-0.2, -0.15) is 0 Å². The van der Waals surface area contributed by atoms with Crippen LogP contribution >= 0.6 is 11.3 Å². The zero-order valence-electron chi connectivity index (χ0n) is 16.1. The third kappa shape index (κ3) is 2.39. The fourth-order valence-corrected chi connectivity index (χ4v) is 5.31. The van der Waals surface area contributed by atoms with E-state index >= 15 is 0 Å². The molecule has 3 aromatic heterocycles. The van der Waals surface area contributed by atoms with Gasteiger partial charge in [-0.1, -0.05) is 36.4 Å². The third-order valence-corrected chi connectivity index (χ3v) is 6.62. The molecule has 144 valence electrons. The highest BCUT2D eigenvalue weighted by Gasteiger charge is 2.17. The number of hydrogen-bond acceptors (Lipinski definition) is 4. The number of methoxy groups -OCH3 is 1. The molecule has 0 saturated heterocycles. The number of ether oxygens (including phenoxy) is 1. The van der Waals surface area contributed by atoms with E-state index in [1.54, 1.807) is 18.4 Å². The van der Waals surface area contributed by atoms with Crippen LogP contribution in [0.25, 0.3) is 48.0 Å². The second kappa shape index (κ2) is 6.40. The van der Waals surface area contributed by atoms with Crippen molar-refractivity contribution in [2.24, 2.45) is 0 Å². The van der Waals surface area contributed by atoms with Crippen LogP contribution in [0.15, 0.2) is 83.7 Å². The lowest BCUT2D eigenvalue weighted by molar-refractivity contribution is 0.415. The summed E-state index contributed by atoms with van der Waals surface area (Å²) in [5.41, 5.74) is 3.52. The lowest BCUT2D eigenvalue weighted by Gasteiger charge is -2.10. The van der Waals surface area contributed by atoms with Crippen LogP contribution in [-0.2, 0) is 0 Å². The highest BCUT2D eigenvalue weighted by atomic mass is 32.1. The quantitative estimate of drug-likeness (QED) is 0.336. The van der Waals surface area contributed by atoms with Crippen molar-refractivity contribution in [1.82, 2.24) is 9.38 Å². The number of para-hydroxylation sites is 2. The Morgan fingerprint density at radius 1 is 0.933 bits per heavy atom. The number of benzene rings is 3. The maximum absolute atomic E-state index is 13.8. The molecule has 0 bridgehead atoms. The van der Waals surface area contributed by atoms with Gasteiger partial charge >= 0.3 is 0 Å². The van der Waals surface area contributed by atoms with Gasteiger partial charge in [-0.15, -0.1) is 11.3 Å². The van der Waals surface area contributed by atoms with Gasteiger partial charge in [0, 0.05) is 16.3 Å². The maximum atomic E-state index is 13.8. The first-order valence-corrected chi connectivity index (χ1v) is 10.5. The van der Waals surface area contributed by atoms with Crippen LogP contribution in [0.5, 0.6) is 5.75 Å².